The fourth-order valence-electron chi connectivity index (χ4n) is 1.30. The van der Waals surface area contributed by atoms with E-state index in [9.17, 15) is 16.8 Å². The molecule has 1 fully saturated rings. The van der Waals surface area contributed by atoms with Crippen molar-refractivity contribution < 1.29 is 16.8 Å². The van der Waals surface area contributed by atoms with Gasteiger partial charge in [-0.2, -0.15) is 0 Å². The molecule has 0 aromatic heterocycles. The molecule has 0 bridgehead atoms. The topological polar surface area (TPSA) is 106 Å². The minimum atomic E-state index is -3.79. The van der Waals surface area contributed by atoms with Crippen LogP contribution in [0.5, 0.6) is 0 Å². The van der Waals surface area contributed by atoms with Crippen molar-refractivity contribution in [3.63, 3.8) is 0 Å². The molecule has 1 aromatic rings. The van der Waals surface area contributed by atoms with E-state index in [-0.39, 0.29) is 15.8 Å². The fourth-order valence-corrected chi connectivity index (χ4v) is 3.12. The molecule has 0 saturated heterocycles. The summed E-state index contributed by atoms with van der Waals surface area (Å²) in [5, 5.41) is 4.91. The predicted octanol–water partition coefficient (Wildman–Crippen LogP) is -0.225. The van der Waals surface area contributed by atoms with Crippen LogP contribution in [0.4, 0.5) is 0 Å². The summed E-state index contributed by atoms with van der Waals surface area (Å²) < 4.78 is 48.0. The molecule has 8 heteroatoms. The van der Waals surface area contributed by atoms with Crippen LogP contribution in [0.15, 0.2) is 34.1 Å². The van der Waals surface area contributed by atoms with Gasteiger partial charge in [0, 0.05) is 6.04 Å². The number of sulfonamides is 2. The Morgan fingerprint density at radius 1 is 1.00 bits per heavy atom. The molecule has 0 aliphatic heterocycles. The van der Waals surface area contributed by atoms with E-state index < -0.39 is 20.0 Å². The van der Waals surface area contributed by atoms with Gasteiger partial charge in [0.15, 0.2) is 0 Å². The molecule has 0 unspecified atom stereocenters. The van der Waals surface area contributed by atoms with Gasteiger partial charge in [-0.1, -0.05) is 0 Å². The predicted molar refractivity (Wildman–Crippen MR) is 61.2 cm³/mol. The number of rotatable bonds is 4. The Morgan fingerprint density at radius 3 is 1.88 bits per heavy atom. The number of benzene rings is 1. The summed E-state index contributed by atoms with van der Waals surface area (Å²) in [4.78, 5) is -0.0697. The van der Waals surface area contributed by atoms with Crippen LogP contribution < -0.4 is 9.86 Å². The van der Waals surface area contributed by atoms with Crippen molar-refractivity contribution in [2.24, 2.45) is 5.14 Å². The number of primary sulfonamides is 1. The summed E-state index contributed by atoms with van der Waals surface area (Å²) in [5.74, 6) is 0. The third-order valence-corrected chi connectivity index (χ3v) is 4.83. The van der Waals surface area contributed by atoms with E-state index in [0.717, 1.165) is 12.8 Å². The quantitative estimate of drug-likeness (QED) is 0.792. The van der Waals surface area contributed by atoms with Crippen LogP contribution in [0.3, 0.4) is 0 Å². The molecule has 0 amide bonds. The third kappa shape index (κ3) is 3.03. The molecular formula is C9H12N2O4S2. The summed E-state index contributed by atoms with van der Waals surface area (Å²) in [6, 6.07) is 4.82. The second-order valence-electron chi connectivity index (χ2n) is 3.91. The minimum absolute atomic E-state index is 0.0120. The molecule has 94 valence electrons. The van der Waals surface area contributed by atoms with Gasteiger partial charge < -0.3 is 0 Å². The maximum atomic E-state index is 11.8. The Hall–Kier alpha value is -0.960. The van der Waals surface area contributed by atoms with Gasteiger partial charge in [0.1, 0.15) is 0 Å². The first-order valence-electron chi connectivity index (χ1n) is 4.94. The Kier molecular flexibility index (Phi) is 2.98. The maximum absolute atomic E-state index is 11.8. The molecule has 0 radical (unpaired) electrons. The van der Waals surface area contributed by atoms with Crippen molar-refractivity contribution in [2.45, 2.75) is 28.7 Å². The van der Waals surface area contributed by atoms with Gasteiger partial charge in [-0.15, -0.1) is 0 Å². The lowest BCUT2D eigenvalue weighted by Gasteiger charge is -2.05. The molecular weight excluding hydrogens is 264 g/mol. The van der Waals surface area contributed by atoms with Gasteiger partial charge in [0.25, 0.3) is 0 Å². The Morgan fingerprint density at radius 2 is 1.47 bits per heavy atom. The lowest BCUT2D eigenvalue weighted by molar-refractivity contribution is 0.580. The van der Waals surface area contributed by atoms with Gasteiger partial charge in [0.05, 0.1) is 9.79 Å². The van der Waals surface area contributed by atoms with E-state index in [1.54, 1.807) is 0 Å². The number of hydrogen-bond acceptors (Lipinski definition) is 4. The number of hydrogen-bond donors (Lipinski definition) is 2. The van der Waals surface area contributed by atoms with E-state index in [1.807, 2.05) is 0 Å². The van der Waals surface area contributed by atoms with E-state index in [4.69, 9.17) is 5.14 Å². The van der Waals surface area contributed by atoms with Crippen LogP contribution in [0.2, 0.25) is 0 Å². The molecule has 17 heavy (non-hydrogen) atoms. The zero-order valence-corrected chi connectivity index (χ0v) is 10.5. The Bertz CT molecular complexity index is 615. The van der Waals surface area contributed by atoms with Crippen LogP contribution in [-0.4, -0.2) is 22.9 Å². The second kappa shape index (κ2) is 4.05. The molecule has 1 aliphatic rings. The standard InChI is InChI=1S/C9H12N2O4S2/c10-16(12,13)8-3-5-9(6-4-8)17(14,15)11-7-1-2-7/h3-7,11H,1-2H2,(H2,10,12,13). The molecule has 1 aliphatic carbocycles. The van der Waals surface area contributed by atoms with Gasteiger partial charge in [-0.25, -0.2) is 26.7 Å². The van der Waals surface area contributed by atoms with Gasteiger partial charge in [-0.05, 0) is 37.1 Å². The first kappa shape index (κ1) is 12.5. The zero-order valence-electron chi connectivity index (χ0n) is 8.83. The van der Waals surface area contributed by atoms with Crippen LogP contribution in [0, 0.1) is 0 Å². The summed E-state index contributed by atoms with van der Waals surface area (Å²) in [6.45, 7) is 0. The highest BCUT2D eigenvalue weighted by atomic mass is 32.2. The molecule has 1 aromatic carbocycles. The van der Waals surface area contributed by atoms with Crippen molar-refractivity contribution in [2.75, 3.05) is 0 Å². The average Bonchev–Trinajstić information content (AvgIpc) is 3.00. The van der Waals surface area contributed by atoms with Crippen molar-refractivity contribution >= 4 is 20.0 Å². The van der Waals surface area contributed by atoms with Crippen molar-refractivity contribution in [3.05, 3.63) is 24.3 Å². The number of nitrogens with one attached hydrogen (secondary N) is 1. The molecule has 3 N–H and O–H groups in total. The van der Waals surface area contributed by atoms with Crippen molar-refractivity contribution in [3.8, 4) is 0 Å². The van der Waals surface area contributed by atoms with Crippen molar-refractivity contribution in [1.82, 2.24) is 4.72 Å². The highest BCUT2D eigenvalue weighted by Crippen LogP contribution is 2.22. The Labute approximate surface area is 99.9 Å². The third-order valence-electron chi connectivity index (χ3n) is 2.36. The maximum Gasteiger partial charge on any atom is 0.240 e. The smallest absolute Gasteiger partial charge is 0.225 e. The summed E-state index contributed by atoms with van der Waals surface area (Å²) in [6.07, 6.45) is 1.68. The zero-order chi connectivity index (χ0) is 12.7. The average molecular weight is 276 g/mol. The van der Waals surface area contributed by atoms with E-state index in [2.05, 4.69) is 4.72 Å². The van der Waals surface area contributed by atoms with Gasteiger partial charge in [-0.3, -0.25) is 0 Å². The minimum Gasteiger partial charge on any atom is -0.225 e. The van der Waals surface area contributed by atoms with Crippen molar-refractivity contribution in [1.29, 1.82) is 0 Å². The van der Waals surface area contributed by atoms with Gasteiger partial charge in [0.2, 0.25) is 20.0 Å². The summed E-state index contributed by atoms with van der Waals surface area (Å²) >= 11 is 0. The summed E-state index contributed by atoms with van der Waals surface area (Å²) in [5.41, 5.74) is 0. The first-order chi connectivity index (χ1) is 7.79. The lowest BCUT2D eigenvalue weighted by atomic mass is 10.4. The van der Waals surface area contributed by atoms with E-state index in [1.165, 1.54) is 24.3 Å². The van der Waals surface area contributed by atoms with E-state index >= 15 is 0 Å². The molecule has 6 nitrogen and oxygen atoms in total. The molecule has 0 heterocycles. The normalized spacial score (nSPS) is 17.0. The molecule has 0 spiro atoms. The van der Waals surface area contributed by atoms with Crippen LogP contribution >= 0.6 is 0 Å². The first-order valence-corrected chi connectivity index (χ1v) is 7.97. The fraction of sp³-hybridized carbons (Fsp3) is 0.333. The highest BCUT2D eigenvalue weighted by Gasteiger charge is 2.27. The number of nitrogens with two attached hydrogens (primary N) is 1. The molecule has 1 saturated carbocycles. The van der Waals surface area contributed by atoms with Gasteiger partial charge >= 0.3 is 0 Å². The lowest BCUT2D eigenvalue weighted by Crippen LogP contribution is -2.25. The van der Waals surface area contributed by atoms with E-state index in [0.29, 0.717) is 0 Å². The molecule has 2 rings (SSSR count). The molecule has 0 atom stereocenters. The van der Waals surface area contributed by atoms with Crippen LogP contribution in [0.25, 0.3) is 0 Å². The second-order valence-corrected chi connectivity index (χ2v) is 7.19. The Balaban J connectivity index is 2.28. The summed E-state index contributed by atoms with van der Waals surface area (Å²) in [7, 11) is -7.34. The SMILES string of the molecule is NS(=O)(=O)c1ccc(S(=O)(=O)NC2CC2)cc1. The van der Waals surface area contributed by atoms with Crippen LogP contribution in [0.1, 0.15) is 12.8 Å². The highest BCUT2D eigenvalue weighted by molar-refractivity contribution is 7.89. The van der Waals surface area contributed by atoms with Crippen LogP contribution in [-0.2, 0) is 20.0 Å². The monoisotopic (exact) mass is 276 g/mol. The largest absolute Gasteiger partial charge is 0.240 e.